The normalized spacial score (nSPS) is 10.5. The molecular formula is C16H20O3. The Labute approximate surface area is 114 Å². The number of esters is 1. The van der Waals surface area contributed by atoms with Gasteiger partial charge in [-0.05, 0) is 24.8 Å². The first-order valence-electron chi connectivity index (χ1n) is 6.64. The minimum absolute atomic E-state index is 0.309. The van der Waals surface area contributed by atoms with E-state index in [-0.39, 0.29) is 5.97 Å². The van der Waals surface area contributed by atoms with Gasteiger partial charge in [0.2, 0.25) is 0 Å². The number of ether oxygens (including phenoxy) is 1. The first-order chi connectivity index (χ1) is 9.33. The smallest absolute Gasteiger partial charge is 0.330 e. The number of hydrogen-bond donors (Lipinski definition) is 0. The Balaban J connectivity index is 2.08. The number of rotatable bonds is 9. The van der Waals surface area contributed by atoms with E-state index in [9.17, 15) is 9.59 Å². The van der Waals surface area contributed by atoms with Gasteiger partial charge in [0.15, 0.2) is 0 Å². The van der Waals surface area contributed by atoms with Crippen LogP contribution in [0, 0.1) is 0 Å². The summed E-state index contributed by atoms with van der Waals surface area (Å²) in [6.45, 7) is 0.309. The molecule has 3 heteroatoms. The molecule has 1 aromatic carbocycles. The van der Waals surface area contributed by atoms with Crippen molar-refractivity contribution in [2.45, 2.75) is 38.7 Å². The van der Waals surface area contributed by atoms with E-state index in [0.29, 0.717) is 13.0 Å². The zero-order chi connectivity index (χ0) is 13.8. The van der Waals surface area contributed by atoms with Crippen LogP contribution >= 0.6 is 0 Å². The van der Waals surface area contributed by atoms with Gasteiger partial charge in [-0.3, -0.25) is 0 Å². The molecule has 0 aliphatic heterocycles. The molecule has 0 radical (unpaired) electrons. The maximum atomic E-state index is 11.4. The van der Waals surface area contributed by atoms with Gasteiger partial charge in [-0.25, -0.2) is 4.79 Å². The van der Waals surface area contributed by atoms with Crippen molar-refractivity contribution in [1.82, 2.24) is 0 Å². The van der Waals surface area contributed by atoms with E-state index < -0.39 is 0 Å². The molecule has 0 fully saturated rings. The minimum atomic E-state index is -0.309. The van der Waals surface area contributed by atoms with Crippen molar-refractivity contribution in [2.75, 3.05) is 0 Å². The quantitative estimate of drug-likeness (QED) is 0.296. The van der Waals surface area contributed by atoms with Gasteiger partial charge in [0, 0.05) is 12.5 Å². The molecule has 0 spiro atoms. The van der Waals surface area contributed by atoms with Gasteiger partial charge in [0.25, 0.3) is 0 Å². The topological polar surface area (TPSA) is 43.4 Å². The second-order valence-corrected chi connectivity index (χ2v) is 4.30. The van der Waals surface area contributed by atoms with Crippen LogP contribution in [-0.2, 0) is 20.9 Å². The minimum Gasteiger partial charge on any atom is -0.458 e. The Morgan fingerprint density at radius 2 is 1.79 bits per heavy atom. The predicted molar refractivity (Wildman–Crippen MR) is 74.5 cm³/mol. The van der Waals surface area contributed by atoms with Gasteiger partial charge in [-0.1, -0.05) is 42.8 Å². The monoisotopic (exact) mass is 260 g/mol. The zero-order valence-electron chi connectivity index (χ0n) is 11.1. The molecule has 0 N–H and O–H groups in total. The number of carbonyl (C=O) groups is 2. The maximum absolute atomic E-state index is 11.4. The lowest BCUT2D eigenvalue weighted by Gasteiger charge is -2.01. The Morgan fingerprint density at radius 3 is 2.53 bits per heavy atom. The lowest BCUT2D eigenvalue weighted by atomic mass is 10.1. The summed E-state index contributed by atoms with van der Waals surface area (Å²) < 4.78 is 5.10. The molecule has 0 aliphatic rings. The molecule has 3 nitrogen and oxygen atoms in total. The summed E-state index contributed by atoms with van der Waals surface area (Å²) in [4.78, 5) is 21.5. The van der Waals surface area contributed by atoms with Crippen LogP contribution in [0.25, 0.3) is 0 Å². The van der Waals surface area contributed by atoms with Crippen LogP contribution in [0.2, 0.25) is 0 Å². The highest BCUT2D eigenvalue weighted by molar-refractivity contribution is 5.81. The molecule has 0 unspecified atom stereocenters. The average Bonchev–Trinajstić information content (AvgIpc) is 2.45. The Bertz CT molecular complexity index is 396. The summed E-state index contributed by atoms with van der Waals surface area (Å²) in [6.07, 6.45) is 8.66. The molecule has 19 heavy (non-hydrogen) atoms. The van der Waals surface area contributed by atoms with Crippen molar-refractivity contribution in [1.29, 1.82) is 0 Å². The number of carbonyl (C=O) groups excluding carboxylic acids is 2. The van der Waals surface area contributed by atoms with Crippen LogP contribution in [0.4, 0.5) is 0 Å². The van der Waals surface area contributed by atoms with Gasteiger partial charge in [0.05, 0.1) is 0 Å². The van der Waals surface area contributed by atoms with E-state index in [1.807, 2.05) is 36.4 Å². The summed E-state index contributed by atoms with van der Waals surface area (Å²) in [5.74, 6) is -0.309. The first kappa shape index (κ1) is 15.2. The summed E-state index contributed by atoms with van der Waals surface area (Å²) in [6, 6.07) is 9.60. The van der Waals surface area contributed by atoms with Crippen molar-refractivity contribution in [2.24, 2.45) is 0 Å². The van der Waals surface area contributed by atoms with E-state index in [4.69, 9.17) is 4.74 Å². The summed E-state index contributed by atoms with van der Waals surface area (Å²) in [5.41, 5.74) is 0.984. The highest BCUT2D eigenvalue weighted by Gasteiger charge is 1.97. The van der Waals surface area contributed by atoms with E-state index in [0.717, 1.165) is 37.5 Å². The molecule has 1 rings (SSSR count). The SMILES string of the molecule is O=CCCCCC/C=C/C(=O)OCc1ccccc1. The molecule has 0 heterocycles. The van der Waals surface area contributed by atoms with Crippen LogP contribution < -0.4 is 0 Å². The molecule has 0 atom stereocenters. The number of hydrogen-bond acceptors (Lipinski definition) is 3. The van der Waals surface area contributed by atoms with Crippen LogP contribution in [0.1, 0.15) is 37.7 Å². The fourth-order valence-corrected chi connectivity index (χ4v) is 1.62. The van der Waals surface area contributed by atoms with Crippen molar-refractivity contribution >= 4 is 12.3 Å². The molecule has 0 aromatic heterocycles. The van der Waals surface area contributed by atoms with Gasteiger partial charge in [0.1, 0.15) is 12.9 Å². The fourth-order valence-electron chi connectivity index (χ4n) is 1.62. The molecule has 102 valence electrons. The number of aldehydes is 1. The second kappa shape index (κ2) is 10.1. The highest BCUT2D eigenvalue weighted by Crippen LogP contribution is 2.03. The molecule has 0 amide bonds. The molecule has 0 saturated heterocycles. The van der Waals surface area contributed by atoms with Gasteiger partial charge in [-0.2, -0.15) is 0 Å². The lowest BCUT2D eigenvalue weighted by Crippen LogP contribution is -2.00. The Morgan fingerprint density at radius 1 is 1.05 bits per heavy atom. The zero-order valence-corrected chi connectivity index (χ0v) is 11.1. The Hall–Kier alpha value is -1.90. The van der Waals surface area contributed by atoms with Crippen molar-refractivity contribution in [3.8, 4) is 0 Å². The van der Waals surface area contributed by atoms with E-state index in [2.05, 4.69) is 0 Å². The average molecular weight is 260 g/mol. The summed E-state index contributed by atoms with van der Waals surface area (Å²) >= 11 is 0. The lowest BCUT2D eigenvalue weighted by molar-refractivity contribution is -0.139. The molecule has 1 aromatic rings. The van der Waals surface area contributed by atoms with Crippen molar-refractivity contribution in [3.05, 3.63) is 48.0 Å². The van der Waals surface area contributed by atoms with Crippen molar-refractivity contribution < 1.29 is 14.3 Å². The van der Waals surface area contributed by atoms with Crippen LogP contribution in [0.5, 0.6) is 0 Å². The van der Waals surface area contributed by atoms with Gasteiger partial charge >= 0.3 is 5.97 Å². The predicted octanol–water partition coefficient (Wildman–Crippen LogP) is 3.44. The number of unbranched alkanes of at least 4 members (excludes halogenated alkanes) is 4. The van der Waals surface area contributed by atoms with E-state index in [1.54, 1.807) is 0 Å². The van der Waals surface area contributed by atoms with E-state index >= 15 is 0 Å². The summed E-state index contributed by atoms with van der Waals surface area (Å²) in [5, 5.41) is 0. The maximum Gasteiger partial charge on any atom is 0.330 e. The van der Waals surface area contributed by atoms with Crippen LogP contribution in [0.3, 0.4) is 0 Å². The van der Waals surface area contributed by atoms with Gasteiger partial charge < -0.3 is 9.53 Å². The number of benzene rings is 1. The van der Waals surface area contributed by atoms with Crippen LogP contribution in [0.15, 0.2) is 42.5 Å². The summed E-state index contributed by atoms with van der Waals surface area (Å²) in [7, 11) is 0. The standard InChI is InChI=1S/C16H20O3/c17-13-9-4-2-1-3-8-12-16(18)19-14-15-10-6-5-7-11-15/h5-8,10-13H,1-4,9,14H2/b12-8+. The van der Waals surface area contributed by atoms with Crippen molar-refractivity contribution in [3.63, 3.8) is 0 Å². The molecular weight excluding hydrogens is 240 g/mol. The third kappa shape index (κ3) is 7.92. The molecule has 0 saturated carbocycles. The van der Waals surface area contributed by atoms with Crippen LogP contribution in [-0.4, -0.2) is 12.3 Å². The largest absolute Gasteiger partial charge is 0.458 e. The molecule has 0 aliphatic carbocycles. The fraction of sp³-hybridized carbons (Fsp3) is 0.375. The Kier molecular flexibility index (Phi) is 8.03. The highest BCUT2D eigenvalue weighted by atomic mass is 16.5. The number of allylic oxidation sites excluding steroid dienone is 1. The second-order valence-electron chi connectivity index (χ2n) is 4.30. The van der Waals surface area contributed by atoms with Gasteiger partial charge in [-0.15, -0.1) is 0 Å². The third-order valence-electron chi connectivity index (χ3n) is 2.67. The third-order valence-corrected chi connectivity index (χ3v) is 2.67. The molecule has 0 bridgehead atoms. The van der Waals surface area contributed by atoms with E-state index in [1.165, 1.54) is 6.08 Å². The first-order valence-corrected chi connectivity index (χ1v) is 6.64.